The summed E-state index contributed by atoms with van der Waals surface area (Å²) in [5.74, 6) is 0. The van der Waals surface area contributed by atoms with Gasteiger partial charge in [-0.2, -0.15) is 0 Å². The molecule has 0 saturated carbocycles. The normalized spacial score (nSPS) is 19.6. The molecule has 3 heteroatoms. The van der Waals surface area contributed by atoms with Gasteiger partial charge >= 0.3 is 0 Å². The maximum absolute atomic E-state index is 5.65. The standard InChI is InChI=1S/C11H12N2O/c12-10-3-1-2-9(8-10)4-5-11-13-6-7-14-11/h1-8,11,13H,12H2/b5-4+. The first-order valence-corrected chi connectivity index (χ1v) is 4.45. The molecular weight excluding hydrogens is 176 g/mol. The molecule has 1 aliphatic rings. The fourth-order valence-electron chi connectivity index (χ4n) is 1.26. The van der Waals surface area contributed by atoms with E-state index in [0.717, 1.165) is 11.3 Å². The molecule has 0 aliphatic carbocycles. The second-order valence-corrected chi connectivity index (χ2v) is 3.06. The van der Waals surface area contributed by atoms with Crippen LogP contribution in [0.3, 0.4) is 0 Å². The molecule has 1 aliphatic heterocycles. The van der Waals surface area contributed by atoms with Crippen molar-refractivity contribution in [3.8, 4) is 0 Å². The Morgan fingerprint density at radius 3 is 3.07 bits per heavy atom. The quantitative estimate of drug-likeness (QED) is 0.694. The topological polar surface area (TPSA) is 47.3 Å². The van der Waals surface area contributed by atoms with Gasteiger partial charge in [-0.15, -0.1) is 0 Å². The molecule has 1 atom stereocenters. The Morgan fingerprint density at radius 1 is 1.43 bits per heavy atom. The van der Waals surface area contributed by atoms with Gasteiger partial charge in [0.1, 0.15) is 6.26 Å². The third kappa shape index (κ3) is 2.07. The maximum Gasteiger partial charge on any atom is 0.188 e. The molecular formula is C11H12N2O. The molecule has 1 aromatic rings. The van der Waals surface area contributed by atoms with Crippen LogP contribution in [-0.4, -0.2) is 6.23 Å². The number of nitrogen functional groups attached to an aromatic ring is 1. The molecule has 0 fully saturated rings. The summed E-state index contributed by atoms with van der Waals surface area (Å²) in [5, 5.41) is 3.02. The molecule has 3 nitrogen and oxygen atoms in total. The van der Waals surface area contributed by atoms with Crippen molar-refractivity contribution in [1.29, 1.82) is 0 Å². The summed E-state index contributed by atoms with van der Waals surface area (Å²) in [6, 6.07) is 7.70. The van der Waals surface area contributed by atoms with E-state index in [9.17, 15) is 0 Å². The van der Waals surface area contributed by atoms with Crippen LogP contribution >= 0.6 is 0 Å². The van der Waals surface area contributed by atoms with E-state index in [1.807, 2.05) is 36.4 Å². The summed E-state index contributed by atoms with van der Waals surface area (Å²) >= 11 is 0. The third-order valence-corrected chi connectivity index (χ3v) is 1.93. The Hall–Kier alpha value is -1.90. The van der Waals surface area contributed by atoms with Gasteiger partial charge in [0.2, 0.25) is 0 Å². The van der Waals surface area contributed by atoms with Gasteiger partial charge in [0, 0.05) is 11.9 Å². The lowest BCUT2D eigenvalue weighted by Crippen LogP contribution is -2.17. The third-order valence-electron chi connectivity index (χ3n) is 1.93. The van der Waals surface area contributed by atoms with E-state index >= 15 is 0 Å². The van der Waals surface area contributed by atoms with E-state index < -0.39 is 0 Å². The summed E-state index contributed by atoms with van der Waals surface area (Å²) in [5.41, 5.74) is 7.49. The smallest absolute Gasteiger partial charge is 0.188 e. The number of benzene rings is 1. The number of ether oxygens (including phenoxy) is 1. The van der Waals surface area contributed by atoms with Crippen LogP contribution in [0.1, 0.15) is 5.56 Å². The Bertz CT molecular complexity index is 363. The second-order valence-electron chi connectivity index (χ2n) is 3.06. The molecule has 0 amide bonds. The zero-order valence-electron chi connectivity index (χ0n) is 7.68. The maximum atomic E-state index is 5.65. The van der Waals surface area contributed by atoms with E-state index in [-0.39, 0.29) is 6.23 Å². The van der Waals surface area contributed by atoms with E-state index in [2.05, 4.69) is 5.32 Å². The average Bonchev–Trinajstić information content (AvgIpc) is 2.67. The van der Waals surface area contributed by atoms with E-state index in [1.165, 1.54) is 0 Å². The first-order chi connectivity index (χ1) is 6.84. The van der Waals surface area contributed by atoms with Crippen molar-refractivity contribution in [1.82, 2.24) is 5.32 Å². The van der Waals surface area contributed by atoms with Crippen molar-refractivity contribution in [2.75, 3.05) is 5.73 Å². The van der Waals surface area contributed by atoms with Crippen molar-refractivity contribution >= 4 is 11.8 Å². The second kappa shape index (κ2) is 3.87. The average molecular weight is 188 g/mol. The largest absolute Gasteiger partial charge is 0.473 e. The summed E-state index contributed by atoms with van der Waals surface area (Å²) < 4.78 is 5.20. The summed E-state index contributed by atoms with van der Waals surface area (Å²) in [4.78, 5) is 0. The number of anilines is 1. The fourth-order valence-corrected chi connectivity index (χ4v) is 1.26. The fraction of sp³-hybridized carbons (Fsp3) is 0.0909. The van der Waals surface area contributed by atoms with Crippen LogP contribution in [0.15, 0.2) is 42.8 Å². The van der Waals surface area contributed by atoms with Crippen molar-refractivity contribution in [2.45, 2.75) is 6.23 Å². The highest BCUT2D eigenvalue weighted by Crippen LogP contribution is 2.09. The highest BCUT2D eigenvalue weighted by Gasteiger charge is 2.03. The lowest BCUT2D eigenvalue weighted by atomic mass is 10.2. The minimum Gasteiger partial charge on any atom is -0.473 e. The highest BCUT2D eigenvalue weighted by atomic mass is 16.5. The van der Waals surface area contributed by atoms with Gasteiger partial charge in [-0.1, -0.05) is 18.2 Å². The molecule has 1 aromatic carbocycles. The number of nitrogens with two attached hydrogens (primary N) is 1. The molecule has 3 N–H and O–H groups in total. The summed E-state index contributed by atoms with van der Waals surface area (Å²) in [6.45, 7) is 0. The van der Waals surface area contributed by atoms with Crippen LogP contribution < -0.4 is 11.1 Å². The van der Waals surface area contributed by atoms with Gasteiger partial charge < -0.3 is 15.8 Å². The molecule has 1 unspecified atom stereocenters. The lowest BCUT2D eigenvalue weighted by molar-refractivity contribution is 0.198. The molecule has 1 heterocycles. The van der Waals surface area contributed by atoms with E-state index in [4.69, 9.17) is 10.5 Å². The van der Waals surface area contributed by atoms with Gasteiger partial charge in [-0.25, -0.2) is 0 Å². The zero-order chi connectivity index (χ0) is 9.80. The number of rotatable bonds is 2. The monoisotopic (exact) mass is 188 g/mol. The molecule has 14 heavy (non-hydrogen) atoms. The SMILES string of the molecule is Nc1cccc(/C=C/C2NC=CO2)c1. The zero-order valence-corrected chi connectivity index (χ0v) is 7.68. The Balaban J connectivity index is 2.02. The minimum atomic E-state index is -0.0589. The van der Waals surface area contributed by atoms with Crippen molar-refractivity contribution in [3.05, 3.63) is 48.4 Å². The highest BCUT2D eigenvalue weighted by molar-refractivity contribution is 5.55. The molecule has 72 valence electrons. The van der Waals surface area contributed by atoms with Gasteiger partial charge in [0.25, 0.3) is 0 Å². The van der Waals surface area contributed by atoms with Crippen LogP contribution in [0, 0.1) is 0 Å². The predicted molar refractivity (Wildman–Crippen MR) is 57.0 cm³/mol. The van der Waals surface area contributed by atoms with Gasteiger partial charge in [-0.05, 0) is 23.8 Å². The predicted octanol–water partition coefficient (Wildman–Crippen LogP) is 1.70. The Kier molecular flexibility index (Phi) is 2.40. The van der Waals surface area contributed by atoms with Crippen LogP contribution in [0.5, 0.6) is 0 Å². The lowest BCUT2D eigenvalue weighted by Gasteiger charge is -2.04. The van der Waals surface area contributed by atoms with Crippen LogP contribution in [0.25, 0.3) is 6.08 Å². The van der Waals surface area contributed by atoms with Crippen LogP contribution in [0.4, 0.5) is 5.69 Å². The first kappa shape index (κ1) is 8.69. The summed E-state index contributed by atoms with van der Waals surface area (Å²) in [7, 11) is 0. The number of hydrogen-bond donors (Lipinski definition) is 2. The van der Waals surface area contributed by atoms with Crippen LogP contribution in [-0.2, 0) is 4.74 Å². The minimum absolute atomic E-state index is 0.0589. The number of hydrogen-bond acceptors (Lipinski definition) is 3. The molecule has 0 spiro atoms. The van der Waals surface area contributed by atoms with Crippen molar-refractivity contribution < 1.29 is 4.74 Å². The first-order valence-electron chi connectivity index (χ1n) is 4.45. The molecule has 0 bridgehead atoms. The molecule has 0 aromatic heterocycles. The van der Waals surface area contributed by atoms with E-state index in [1.54, 1.807) is 12.5 Å². The van der Waals surface area contributed by atoms with Crippen LogP contribution in [0.2, 0.25) is 0 Å². The summed E-state index contributed by atoms with van der Waals surface area (Å²) in [6.07, 6.45) is 7.26. The Morgan fingerprint density at radius 2 is 2.36 bits per heavy atom. The van der Waals surface area contributed by atoms with Gasteiger partial charge in [0.15, 0.2) is 6.23 Å². The number of nitrogens with one attached hydrogen (secondary N) is 1. The molecule has 0 radical (unpaired) electrons. The van der Waals surface area contributed by atoms with Crippen molar-refractivity contribution in [3.63, 3.8) is 0 Å². The molecule has 0 saturated heterocycles. The molecule has 2 rings (SSSR count). The van der Waals surface area contributed by atoms with Crippen molar-refractivity contribution in [2.24, 2.45) is 0 Å². The van der Waals surface area contributed by atoms with E-state index in [0.29, 0.717) is 0 Å². The Labute approximate surface area is 82.9 Å². The van der Waals surface area contributed by atoms with Gasteiger partial charge in [-0.3, -0.25) is 0 Å². The van der Waals surface area contributed by atoms with Gasteiger partial charge in [0.05, 0.1) is 0 Å².